The Kier molecular flexibility index (Phi) is 10.6. The van der Waals surface area contributed by atoms with Crippen molar-refractivity contribution in [3.8, 4) is 5.75 Å². The maximum atomic E-state index is 13.8. The summed E-state index contributed by atoms with van der Waals surface area (Å²) < 4.78 is 7.72. The van der Waals surface area contributed by atoms with Gasteiger partial charge in [-0.2, -0.15) is 0 Å². The molecule has 1 unspecified atom stereocenters. The molecule has 0 radical (unpaired) electrons. The number of benzene rings is 3. The summed E-state index contributed by atoms with van der Waals surface area (Å²) in [4.78, 5) is 29.0. The molecule has 0 fully saturated rings. The van der Waals surface area contributed by atoms with Gasteiger partial charge < -0.3 is 15.0 Å². The number of hydrogen-bond acceptors (Lipinski definition) is 3. The first kappa shape index (κ1) is 29.9. The first-order valence-electron chi connectivity index (χ1n) is 12.7. The van der Waals surface area contributed by atoms with Crippen molar-refractivity contribution >= 4 is 43.7 Å². The van der Waals surface area contributed by atoms with Crippen molar-refractivity contribution in [2.45, 2.75) is 65.1 Å². The predicted molar refractivity (Wildman–Crippen MR) is 160 cm³/mol. The third kappa shape index (κ3) is 8.98. The van der Waals surface area contributed by atoms with Gasteiger partial charge in [0.05, 0.1) is 4.47 Å². The number of halogens is 2. The van der Waals surface area contributed by atoms with Crippen molar-refractivity contribution < 1.29 is 14.3 Å². The Morgan fingerprint density at radius 3 is 2.16 bits per heavy atom. The fourth-order valence-corrected chi connectivity index (χ4v) is 4.78. The van der Waals surface area contributed by atoms with Crippen LogP contribution in [0.15, 0.2) is 81.7 Å². The Hall–Kier alpha value is -2.64. The van der Waals surface area contributed by atoms with E-state index in [-0.39, 0.29) is 25.0 Å². The minimum atomic E-state index is -0.719. The molecular formula is C31H36Br2N2O3. The Labute approximate surface area is 243 Å². The van der Waals surface area contributed by atoms with Gasteiger partial charge in [0.25, 0.3) is 5.91 Å². The van der Waals surface area contributed by atoms with Gasteiger partial charge in [-0.15, -0.1) is 0 Å². The molecule has 0 aromatic heterocycles. The van der Waals surface area contributed by atoms with Crippen LogP contribution < -0.4 is 10.1 Å². The van der Waals surface area contributed by atoms with Crippen LogP contribution in [-0.2, 0) is 22.6 Å². The lowest BCUT2D eigenvalue weighted by Gasteiger charge is -2.33. The van der Waals surface area contributed by atoms with Crippen molar-refractivity contribution in [2.24, 2.45) is 0 Å². The SMILES string of the molecule is CC(C)c1ccc(OCC(=O)N(Cc2ccc(Br)cc2)C(Cc2ccccc2)C(=O)NC(C)(C)C)c(Br)c1. The van der Waals surface area contributed by atoms with Gasteiger partial charge in [-0.3, -0.25) is 9.59 Å². The topological polar surface area (TPSA) is 58.6 Å². The minimum Gasteiger partial charge on any atom is -0.483 e. The Morgan fingerprint density at radius 1 is 0.921 bits per heavy atom. The molecule has 202 valence electrons. The molecular weight excluding hydrogens is 608 g/mol. The molecule has 0 heterocycles. The quantitative estimate of drug-likeness (QED) is 0.253. The third-order valence-corrected chi connectivity index (χ3v) is 7.16. The van der Waals surface area contributed by atoms with Crippen LogP contribution in [0.3, 0.4) is 0 Å². The number of nitrogens with zero attached hydrogens (tertiary/aromatic N) is 1. The lowest BCUT2D eigenvalue weighted by atomic mass is 10.0. The van der Waals surface area contributed by atoms with E-state index >= 15 is 0 Å². The summed E-state index contributed by atoms with van der Waals surface area (Å²) in [7, 11) is 0. The van der Waals surface area contributed by atoms with Crippen LogP contribution in [0.2, 0.25) is 0 Å². The van der Waals surface area contributed by atoms with Crippen molar-refractivity contribution in [1.29, 1.82) is 0 Å². The number of carbonyl (C=O) groups is 2. The third-order valence-electron chi connectivity index (χ3n) is 6.01. The van der Waals surface area contributed by atoms with Gasteiger partial charge in [0.15, 0.2) is 6.61 Å². The summed E-state index contributed by atoms with van der Waals surface area (Å²) in [5.74, 6) is 0.501. The van der Waals surface area contributed by atoms with E-state index in [1.807, 2.05) is 93.6 Å². The van der Waals surface area contributed by atoms with Gasteiger partial charge in [0, 0.05) is 23.0 Å². The average molecular weight is 644 g/mol. The molecule has 5 nitrogen and oxygen atoms in total. The molecule has 0 saturated heterocycles. The summed E-state index contributed by atoms with van der Waals surface area (Å²) >= 11 is 7.05. The zero-order valence-electron chi connectivity index (χ0n) is 22.6. The number of amides is 2. The molecule has 38 heavy (non-hydrogen) atoms. The molecule has 1 atom stereocenters. The monoisotopic (exact) mass is 642 g/mol. The second kappa shape index (κ2) is 13.4. The van der Waals surface area contributed by atoms with Gasteiger partial charge in [-0.25, -0.2) is 0 Å². The summed E-state index contributed by atoms with van der Waals surface area (Å²) in [6, 6.07) is 22.7. The first-order valence-corrected chi connectivity index (χ1v) is 14.3. The van der Waals surface area contributed by atoms with E-state index < -0.39 is 11.6 Å². The van der Waals surface area contributed by atoms with Crippen molar-refractivity contribution in [3.05, 3.63) is 98.4 Å². The highest BCUT2D eigenvalue weighted by Crippen LogP contribution is 2.29. The van der Waals surface area contributed by atoms with Crippen LogP contribution in [0.1, 0.15) is 57.2 Å². The van der Waals surface area contributed by atoms with E-state index in [4.69, 9.17) is 4.74 Å². The normalized spacial score (nSPS) is 12.2. The zero-order valence-corrected chi connectivity index (χ0v) is 25.8. The molecule has 0 saturated carbocycles. The Balaban J connectivity index is 1.92. The van der Waals surface area contributed by atoms with Crippen molar-refractivity contribution in [2.75, 3.05) is 6.61 Å². The van der Waals surface area contributed by atoms with Crippen LogP contribution >= 0.6 is 31.9 Å². The standard InChI is InChI=1S/C31H36Br2N2O3/c1-21(2)24-13-16-28(26(33)18-24)38-20-29(36)35(19-23-11-14-25(32)15-12-23)27(30(37)34-31(3,4)5)17-22-9-7-6-8-10-22/h6-16,18,21,27H,17,19-20H2,1-5H3,(H,34,37). The summed E-state index contributed by atoms with van der Waals surface area (Å²) in [5.41, 5.74) is 2.63. The fraction of sp³-hybridized carbons (Fsp3) is 0.355. The van der Waals surface area contributed by atoms with Crippen LogP contribution in [-0.4, -0.2) is 34.9 Å². The Bertz CT molecular complexity index is 1220. The summed E-state index contributed by atoms with van der Waals surface area (Å²) in [6.45, 7) is 10.2. The van der Waals surface area contributed by atoms with E-state index in [9.17, 15) is 9.59 Å². The predicted octanol–water partition coefficient (Wildman–Crippen LogP) is 7.27. The lowest BCUT2D eigenvalue weighted by molar-refractivity contribution is -0.143. The van der Waals surface area contributed by atoms with Crippen LogP contribution in [0.5, 0.6) is 5.75 Å². The van der Waals surface area contributed by atoms with Gasteiger partial charge in [0.2, 0.25) is 5.91 Å². The molecule has 3 aromatic rings. The molecule has 3 aromatic carbocycles. The maximum Gasteiger partial charge on any atom is 0.261 e. The van der Waals surface area contributed by atoms with E-state index in [2.05, 4.69) is 51.0 Å². The van der Waals surface area contributed by atoms with Crippen LogP contribution in [0.25, 0.3) is 0 Å². The minimum absolute atomic E-state index is 0.190. The van der Waals surface area contributed by atoms with Crippen molar-refractivity contribution in [3.63, 3.8) is 0 Å². The van der Waals surface area contributed by atoms with Crippen LogP contribution in [0, 0.1) is 0 Å². The lowest BCUT2D eigenvalue weighted by Crippen LogP contribution is -2.55. The van der Waals surface area contributed by atoms with Gasteiger partial charge >= 0.3 is 0 Å². The second-order valence-corrected chi connectivity index (χ2v) is 12.5. The number of hydrogen-bond donors (Lipinski definition) is 1. The highest BCUT2D eigenvalue weighted by atomic mass is 79.9. The molecule has 3 rings (SSSR count). The van der Waals surface area contributed by atoms with Gasteiger partial charge in [-0.1, -0.05) is 78.3 Å². The van der Waals surface area contributed by atoms with E-state index in [1.165, 1.54) is 5.56 Å². The van der Waals surface area contributed by atoms with E-state index in [1.54, 1.807) is 4.90 Å². The molecule has 2 amide bonds. The molecule has 0 bridgehead atoms. The molecule has 0 aliphatic rings. The summed E-state index contributed by atoms with van der Waals surface area (Å²) in [5, 5.41) is 3.08. The van der Waals surface area contributed by atoms with Crippen LogP contribution in [0.4, 0.5) is 0 Å². The Morgan fingerprint density at radius 2 is 1.58 bits per heavy atom. The van der Waals surface area contributed by atoms with E-state index in [0.29, 0.717) is 18.1 Å². The zero-order chi connectivity index (χ0) is 27.9. The number of rotatable bonds is 10. The van der Waals surface area contributed by atoms with E-state index in [0.717, 1.165) is 20.1 Å². The molecule has 0 aliphatic carbocycles. The second-order valence-electron chi connectivity index (χ2n) is 10.7. The first-order chi connectivity index (χ1) is 17.9. The highest BCUT2D eigenvalue weighted by Gasteiger charge is 2.32. The summed E-state index contributed by atoms with van der Waals surface area (Å²) in [6.07, 6.45) is 0.387. The van der Waals surface area contributed by atoms with Gasteiger partial charge in [0.1, 0.15) is 11.8 Å². The van der Waals surface area contributed by atoms with Crippen molar-refractivity contribution in [1.82, 2.24) is 10.2 Å². The molecule has 7 heteroatoms. The maximum absolute atomic E-state index is 13.8. The molecule has 0 spiro atoms. The smallest absolute Gasteiger partial charge is 0.261 e. The largest absolute Gasteiger partial charge is 0.483 e. The molecule has 0 aliphatic heterocycles. The fourth-order valence-electron chi connectivity index (χ4n) is 4.01. The number of carbonyl (C=O) groups excluding carboxylic acids is 2. The average Bonchev–Trinajstić information content (AvgIpc) is 2.85. The number of ether oxygens (including phenoxy) is 1. The number of nitrogens with one attached hydrogen (secondary N) is 1. The molecule has 1 N–H and O–H groups in total. The highest BCUT2D eigenvalue weighted by molar-refractivity contribution is 9.10. The van der Waals surface area contributed by atoms with Gasteiger partial charge in [-0.05, 0) is 83.6 Å².